The fourth-order valence-electron chi connectivity index (χ4n) is 0.940. The fraction of sp³-hybridized carbons (Fsp3) is 0.800. The summed E-state index contributed by atoms with van der Waals surface area (Å²) in [6.07, 6.45) is 0.287. The first-order chi connectivity index (χ1) is 7.28. The fourth-order valence-corrected chi connectivity index (χ4v) is 0.940. The maximum Gasteiger partial charge on any atom is 0.329 e. The second-order valence-electron chi connectivity index (χ2n) is 4.06. The standard InChI is InChI=1S/C10H20N2O4/c1-5-10(3,8(14)15)11-9(16)12(4)7(2)6-13/h7,13H,5-6H2,1-4H3,(H,11,16)(H,14,15). The van der Waals surface area contributed by atoms with Gasteiger partial charge in [0.05, 0.1) is 12.6 Å². The van der Waals surface area contributed by atoms with E-state index in [0.29, 0.717) is 0 Å². The number of nitrogens with one attached hydrogen (secondary N) is 1. The van der Waals surface area contributed by atoms with Crippen molar-refractivity contribution in [1.29, 1.82) is 0 Å². The molecule has 6 nitrogen and oxygen atoms in total. The van der Waals surface area contributed by atoms with Gasteiger partial charge >= 0.3 is 12.0 Å². The zero-order valence-electron chi connectivity index (χ0n) is 10.1. The first-order valence-electron chi connectivity index (χ1n) is 5.17. The molecule has 0 aliphatic carbocycles. The Kier molecular flexibility index (Phi) is 5.23. The maximum atomic E-state index is 11.7. The van der Waals surface area contributed by atoms with Gasteiger partial charge in [-0.25, -0.2) is 9.59 Å². The van der Waals surface area contributed by atoms with Gasteiger partial charge in [-0.05, 0) is 20.3 Å². The molecule has 0 radical (unpaired) electrons. The van der Waals surface area contributed by atoms with E-state index in [9.17, 15) is 9.59 Å². The van der Waals surface area contributed by atoms with Crippen LogP contribution < -0.4 is 5.32 Å². The number of likely N-dealkylation sites (N-methyl/N-ethyl adjacent to an activating group) is 1. The van der Waals surface area contributed by atoms with Crippen molar-refractivity contribution in [2.45, 2.75) is 38.8 Å². The van der Waals surface area contributed by atoms with Crippen molar-refractivity contribution >= 4 is 12.0 Å². The molecule has 16 heavy (non-hydrogen) atoms. The second kappa shape index (κ2) is 5.69. The zero-order valence-corrected chi connectivity index (χ0v) is 10.1. The van der Waals surface area contributed by atoms with Gasteiger partial charge < -0.3 is 20.4 Å². The van der Waals surface area contributed by atoms with Crippen molar-refractivity contribution in [3.05, 3.63) is 0 Å². The van der Waals surface area contributed by atoms with E-state index in [2.05, 4.69) is 5.32 Å². The molecule has 0 aliphatic heterocycles. The monoisotopic (exact) mass is 232 g/mol. The molecule has 94 valence electrons. The summed E-state index contributed by atoms with van der Waals surface area (Å²) in [4.78, 5) is 23.9. The molecular weight excluding hydrogens is 212 g/mol. The maximum absolute atomic E-state index is 11.7. The number of carbonyl (C=O) groups excluding carboxylic acids is 1. The number of urea groups is 1. The molecule has 6 heteroatoms. The third-order valence-electron chi connectivity index (χ3n) is 2.81. The number of amides is 2. The number of aliphatic hydroxyl groups is 1. The summed E-state index contributed by atoms with van der Waals surface area (Å²) in [5, 5.41) is 20.3. The Balaban J connectivity index is 4.60. The van der Waals surface area contributed by atoms with E-state index >= 15 is 0 Å². The summed E-state index contributed by atoms with van der Waals surface area (Å²) >= 11 is 0. The second-order valence-corrected chi connectivity index (χ2v) is 4.06. The van der Waals surface area contributed by atoms with Crippen LogP contribution in [0.5, 0.6) is 0 Å². The van der Waals surface area contributed by atoms with Crippen molar-refractivity contribution in [3.63, 3.8) is 0 Å². The number of hydrogen-bond acceptors (Lipinski definition) is 3. The summed E-state index contributed by atoms with van der Waals surface area (Å²) in [5.41, 5.74) is -1.28. The number of nitrogens with zero attached hydrogens (tertiary/aromatic N) is 1. The van der Waals surface area contributed by atoms with E-state index in [1.807, 2.05) is 0 Å². The number of aliphatic carboxylic acids is 1. The molecular formula is C10H20N2O4. The third-order valence-corrected chi connectivity index (χ3v) is 2.81. The number of rotatable bonds is 5. The van der Waals surface area contributed by atoms with Crippen LogP contribution in [0.2, 0.25) is 0 Å². The van der Waals surface area contributed by atoms with Gasteiger partial charge in [0.2, 0.25) is 0 Å². The predicted octanol–water partition coefficient (Wildman–Crippen LogP) is 0.262. The molecule has 0 heterocycles. The summed E-state index contributed by atoms with van der Waals surface area (Å²) < 4.78 is 0. The highest BCUT2D eigenvalue weighted by molar-refractivity contribution is 5.85. The lowest BCUT2D eigenvalue weighted by Gasteiger charge is -2.30. The van der Waals surface area contributed by atoms with Crippen LogP contribution >= 0.6 is 0 Å². The molecule has 0 aromatic rings. The van der Waals surface area contributed by atoms with Crippen molar-refractivity contribution in [2.24, 2.45) is 0 Å². The molecule has 0 bridgehead atoms. The average Bonchev–Trinajstić information content (AvgIpc) is 2.26. The number of carboxylic acid groups (broad SMARTS) is 1. The van der Waals surface area contributed by atoms with Crippen LogP contribution in [0.1, 0.15) is 27.2 Å². The lowest BCUT2D eigenvalue weighted by atomic mass is 10.00. The lowest BCUT2D eigenvalue weighted by Crippen LogP contribution is -2.56. The Morgan fingerprint density at radius 2 is 2.00 bits per heavy atom. The van der Waals surface area contributed by atoms with Crippen LogP contribution in [-0.4, -0.2) is 52.3 Å². The molecule has 2 unspecified atom stereocenters. The molecule has 0 saturated carbocycles. The minimum Gasteiger partial charge on any atom is -0.480 e. The quantitative estimate of drug-likeness (QED) is 0.634. The molecule has 0 spiro atoms. The minimum atomic E-state index is -1.28. The molecule has 0 fully saturated rings. The molecule has 0 saturated heterocycles. The van der Waals surface area contributed by atoms with E-state index in [1.165, 1.54) is 18.9 Å². The highest BCUT2D eigenvalue weighted by atomic mass is 16.4. The van der Waals surface area contributed by atoms with Crippen LogP contribution in [0.3, 0.4) is 0 Å². The Labute approximate surface area is 95.2 Å². The van der Waals surface area contributed by atoms with Gasteiger partial charge in [-0.2, -0.15) is 0 Å². The van der Waals surface area contributed by atoms with Gasteiger partial charge in [-0.15, -0.1) is 0 Å². The van der Waals surface area contributed by atoms with Gasteiger partial charge in [0.25, 0.3) is 0 Å². The van der Waals surface area contributed by atoms with Gasteiger partial charge in [0, 0.05) is 7.05 Å². The van der Waals surface area contributed by atoms with Gasteiger partial charge in [-0.3, -0.25) is 0 Å². The zero-order chi connectivity index (χ0) is 12.9. The van der Waals surface area contributed by atoms with Crippen molar-refractivity contribution < 1.29 is 19.8 Å². The highest BCUT2D eigenvalue weighted by Crippen LogP contribution is 2.10. The van der Waals surface area contributed by atoms with Crippen molar-refractivity contribution in [3.8, 4) is 0 Å². The normalized spacial score (nSPS) is 16.1. The molecule has 0 aromatic carbocycles. The minimum absolute atomic E-state index is 0.167. The third kappa shape index (κ3) is 3.37. The smallest absolute Gasteiger partial charge is 0.329 e. The Bertz CT molecular complexity index is 270. The van der Waals surface area contributed by atoms with Crippen molar-refractivity contribution in [2.75, 3.05) is 13.7 Å². The summed E-state index contributed by atoms with van der Waals surface area (Å²) in [6, 6.07) is -0.858. The van der Waals surface area contributed by atoms with Gasteiger partial charge in [0.1, 0.15) is 5.54 Å². The van der Waals surface area contributed by atoms with Crippen LogP contribution in [-0.2, 0) is 4.79 Å². The SMILES string of the molecule is CCC(C)(NC(=O)N(C)C(C)CO)C(=O)O. The largest absolute Gasteiger partial charge is 0.480 e. The van der Waals surface area contributed by atoms with Crippen LogP contribution in [0.25, 0.3) is 0 Å². The topological polar surface area (TPSA) is 89.9 Å². The van der Waals surface area contributed by atoms with Crippen LogP contribution in [0, 0.1) is 0 Å². The highest BCUT2D eigenvalue weighted by Gasteiger charge is 2.34. The molecule has 2 amide bonds. The first-order valence-corrected chi connectivity index (χ1v) is 5.17. The van der Waals surface area contributed by atoms with E-state index in [4.69, 9.17) is 10.2 Å². The number of aliphatic hydroxyl groups excluding tert-OH is 1. The number of hydrogen-bond donors (Lipinski definition) is 3. The average molecular weight is 232 g/mol. The van der Waals surface area contributed by atoms with E-state index < -0.39 is 17.5 Å². The Morgan fingerprint density at radius 1 is 1.50 bits per heavy atom. The predicted molar refractivity (Wildman–Crippen MR) is 59.2 cm³/mol. The van der Waals surface area contributed by atoms with E-state index in [0.717, 1.165) is 0 Å². The summed E-state index contributed by atoms with van der Waals surface area (Å²) in [7, 11) is 1.51. The Hall–Kier alpha value is -1.30. The molecule has 2 atom stereocenters. The van der Waals surface area contributed by atoms with E-state index in [-0.39, 0.29) is 19.1 Å². The van der Waals surface area contributed by atoms with E-state index in [1.54, 1.807) is 13.8 Å². The number of carbonyl (C=O) groups is 2. The molecule has 3 N–H and O–H groups in total. The molecule has 0 aliphatic rings. The van der Waals surface area contributed by atoms with Crippen molar-refractivity contribution in [1.82, 2.24) is 10.2 Å². The lowest BCUT2D eigenvalue weighted by molar-refractivity contribution is -0.143. The molecule has 0 rings (SSSR count). The van der Waals surface area contributed by atoms with Crippen LogP contribution in [0.15, 0.2) is 0 Å². The van der Waals surface area contributed by atoms with Crippen LogP contribution in [0.4, 0.5) is 4.79 Å². The first kappa shape index (κ1) is 14.7. The van der Waals surface area contributed by atoms with Gasteiger partial charge in [-0.1, -0.05) is 6.92 Å². The summed E-state index contributed by atoms with van der Waals surface area (Å²) in [5.74, 6) is -1.08. The Morgan fingerprint density at radius 3 is 2.31 bits per heavy atom. The number of carboxylic acids is 1. The summed E-state index contributed by atoms with van der Waals surface area (Å²) in [6.45, 7) is 4.64. The molecule has 0 aromatic heterocycles. The van der Waals surface area contributed by atoms with Gasteiger partial charge in [0.15, 0.2) is 0 Å².